The molecule has 1 aliphatic rings. The van der Waals surface area contributed by atoms with Crippen molar-refractivity contribution in [2.45, 2.75) is 6.42 Å². The Morgan fingerprint density at radius 1 is 1.46 bits per heavy atom. The van der Waals surface area contributed by atoms with Crippen LogP contribution in [0.25, 0.3) is 0 Å². The predicted molar refractivity (Wildman–Crippen MR) is 52.9 cm³/mol. The van der Waals surface area contributed by atoms with Crippen LogP contribution in [0.1, 0.15) is 5.56 Å². The van der Waals surface area contributed by atoms with Gasteiger partial charge < -0.3 is 4.90 Å². The van der Waals surface area contributed by atoms with Crippen LogP contribution in [0.5, 0.6) is 0 Å². The van der Waals surface area contributed by atoms with Gasteiger partial charge >= 0.3 is 0 Å². The van der Waals surface area contributed by atoms with Crippen molar-refractivity contribution in [3.8, 4) is 0 Å². The summed E-state index contributed by atoms with van der Waals surface area (Å²) in [6, 6.07) is 4.09. The van der Waals surface area contributed by atoms with Crippen LogP contribution in [-0.2, 0) is 6.42 Å². The Hall–Kier alpha value is -1.38. The van der Waals surface area contributed by atoms with Crippen molar-refractivity contribution < 1.29 is 0 Å². The third kappa shape index (κ3) is 2.28. The van der Waals surface area contributed by atoms with E-state index in [2.05, 4.69) is 20.9 Å². The van der Waals surface area contributed by atoms with Crippen LogP contribution in [0, 0.1) is 0 Å². The molecule has 3 heteroatoms. The van der Waals surface area contributed by atoms with E-state index in [0.29, 0.717) is 0 Å². The van der Waals surface area contributed by atoms with Gasteiger partial charge in [0.25, 0.3) is 0 Å². The lowest BCUT2D eigenvalue weighted by molar-refractivity contribution is 0.471. The summed E-state index contributed by atoms with van der Waals surface area (Å²) in [7, 11) is 0. The predicted octanol–water partition coefficient (Wildman–Crippen LogP) is 0.968. The van der Waals surface area contributed by atoms with E-state index in [4.69, 9.17) is 0 Å². The molecule has 0 amide bonds. The molecule has 0 aliphatic carbocycles. The van der Waals surface area contributed by atoms with E-state index in [0.717, 1.165) is 26.1 Å². The average molecular weight is 175 g/mol. The molecule has 0 unspecified atom stereocenters. The summed E-state index contributed by atoms with van der Waals surface area (Å²) < 4.78 is 0. The molecule has 0 N–H and O–H groups in total. The average Bonchev–Trinajstić information content (AvgIpc) is 2.69. The molecule has 1 aromatic rings. The van der Waals surface area contributed by atoms with Crippen LogP contribution in [0.3, 0.4) is 0 Å². The lowest BCUT2D eigenvalue weighted by Gasteiger charge is -2.12. The van der Waals surface area contributed by atoms with E-state index >= 15 is 0 Å². The third-order valence-corrected chi connectivity index (χ3v) is 2.17. The van der Waals surface area contributed by atoms with Crippen molar-refractivity contribution in [3.05, 3.63) is 30.1 Å². The molecule has 2 rings (SSSR count). The Morgan fingerprint density at radius 2 is 2.46 bits per heavy atom. The Bertz CT molecular complexity index is 281. The Labute approximate surface area is 78.1 Å². The molecule has 0 radical (unpaired) electrons. The molecular weight excluding hydrogens is 162 g/mol. The zero-order valence-electron chi connectivity index (χ0n) is 7.56. The second kappa shape index (κ2) is 4.03. The van der Waals surface area contributed by atoms with E-state index in [-0.39, 0.29) is 0 Å². The van der Waals surface area contributed by atoms with Gasteiger partial charge in [0.05, 0.1) is 12.9 Å². The van der Waals surface area contributed by atoms with Crippen LogP contribution in [0.15, 0.2) is 29.5 Å². The van der Waals surface area contributed by atoms with Crippen molar-refractivity contribution >= 4 is 6.34 Å². The molecular formula is C10H13N3. The van der Waals surface area contributed by atoms with Gasteiger partial charge in [-0.3, -0.25) is 9.98 Å². The fourth-order valence-electron chi connectivity index (χ4n) is 1.41. The monoisotopic (exact) mass is 175 g/mol. The Kier molecular flexibility index (Phi) is 2.55. The quantitative estimate of drug-likeness (QED) is 0.684. The van der Waals surface area contributed by atoms with Crippen molar-refractivity contribution in [1.29, 1.82) is 0 Å². The van der Waals surface area contributed by atoms with Gasteiger partial charge in [0, 0.05) is 25.5 Å². The van der Waals surface area contributed by atoms with E-state index in [1.807, 2.05) is 18.6 Å². The van der Waals surface area contributed by atoms with Crippen molar-refractivity contribution in [2.75, 3.05) is 19.6 Å². The minimum atomic E-state index is 0.951. The maximum atomic E-state index is 4.16. The molecule has 3 nitrogen and oxygen atoms in total. The highest BCUT2D eigenvalue weighted by Crippen LogP contribution is 2.00. The van der Waals surface area contributed by atoms with Crippen LogP contribution < -0.4 is 0 Å². The van der Waals surface area contributed by atoms with Crippen LogP contribution in [-0.4, -0.2) is 35.9 Å². The number of hydrogen-bond donors (Lipinski definition) is 0. The maximum absolute atomic E-state index is 4.16. The summed E-state index contributed by atoms with van der Waals surface area (Å²) in [4.78, 5) is 10.5. The molecule has 0 fully saturated rings. The Balaban J connectivity index is 1.82. The fourth-order valence-corrected chi connectivity index (χ4v) is 1.41. The number of aromatic nitrogens is 1. The SMILES string of the molecule is C1=NCCN1CCc1cccnc1. The molecule has 0 bridgehead atoms. The second-order valence-corrected chi connectivity index (χ2v) is 3.17. The number of aliphatic imine (C=N–C) groups is 1. The highest BCUT2D eigenvalue weighted by molar-refractivity contribution is 5.56. The summed E-state index contributed by atoms with van der Waals surface area (Å²) in [5.41, 5.74) is 1.29. The number of hydrogen-bond acceptors (Lipinski definition) is 3. The molecule has 0 atom stereocenters. The summed E-state index contributed by atoms with van der Waals surface area (Å²) >= 11 is 0. The summed E-state index contributed by atoms with van der Waals surface area (Å²) in [6.45, 7) is 3.07. The normalized spacial score (nSPS) is 15.2. The van der Waals surface area contributed by atoms with E-state index in [1.54, 1.807) is 6.20 Å². The summed E-state index contributed by atoms with van der Waals surface area (Å²) in [6.07, 6.45) is 6.73. The molecule has 13 heavy (non-hydrogen) atoms. The first-order valence-corrected chi connectivity index (χ1v) is 4.58. The zero-order valence-corrected chi connectivity index (χ0v) is 7.56. The number of pyridine rings is 1. The first kappa shape index (κ1) is 8.23. The lowest BCUT2D eigenvalue weighted by Crippen LogP contribution is -2.22. The van der Waals surface area contributed by atoms with Gasteiger partial charge in [-0.05, 0) is 18.1 Å². The van der Waals surface area contributed by atoms with Gasteiger partial charge in [0.2, 0.25) is 0 Å². The molecule has 1 aliphatic heterocycles. The second-order valence-electron chi connectivity index (χ2n) is 3.17. The minimum Gasteiger partial charge on any atom is -0.361 e. The fraction of sp³-hybridized carbons (Fsp3) is 0.400. The molecule has 2 heterocycles. The van der Waals surface area contributed by atoms with Crippen LogP contribution in [0.4, 0.5) is 0 Å². The van der Waals surface area contributed by atoms with Gasteiger partial charge in [-0.25, -0.2) is 0 Å². The smallest absolute Gasteiger partial charge is 0.0851 e. The first-order chi connectivity index (χ1) is 6.45. The maximum Gasteiger partial charge on any atom is 0.0851 e. The van der Waals surface area contributed by atoms with E-state index in [1.165, 1.54) is 5.56 Å². The Morgan fingerprint density at radius 3 is 3.15 bits per heavy atom. The molecule has 68 valence electrons. The minimum absolute atomic E-state index is 0.951. The largest absolute Gasteiger partial charge is 0.361 e. The molecule has 1 aromatic heterocycles. The topological polar surface area (TPSA) is 28.5 Å². The third-order valence-electron chi connectivity index (χ3n) is 2.17. The van der Waals surface area contributed by atoms with Gasteiger partial charge in [0.1, 0.15) is 0 Å². The summed E-state index contributed by atoms with van der Waals surface area (Å²) in [5.74, 6) is 0. The molecule has 0 saturated carbocycles. The van der Waals surface area contributed by atoms with Gasteiger partial charge in [-0.15, -0.1) is 0 Å². The number of rotatable bonds is 3. The van der Waals surface area contributed by atoms with Gasteiger partial charge in [-0.1, -0.05) is 6.07 Å². The molecule has 0 saturated heterocycles. The van der Waals surface area contributed by atoms with E-state index in [9.17, 15) is 0 Å². The highest BCUT2D eigenvalue weighted by Gasteiger charge is 2.04. The van der Waals surface area contributed by atoms with Gasteiger partial charge in [0.15, 0.2) is 0 Å². The molecule has 0 aromatic carbocycles. The van der Waals surface area contributed by atoms with Crippen molar-refractivity contribution in [1.82, 2.24) is 9.88 Å². The summed E-state index contributed by atoms with van der Waals surface area (Å²) in [5, 5.41) is 0. The molecule has 0 spiro atoms. The standard InChI is InChI=1S/C10H13N3/c1-2-10(8-11-4-1)3-6-13-7-5-12-9-13/h1-2,4,8-9H,3,5-7H2. The van der Waals surface area contributed by atoms with Crippen molar-refractivity contribution in [2.24, 2.45) is 4.99 Å². The van der Waals surface area contributed by atoms with Crippen LogP contribution in [0.2, 0.25) is 0 Å². The van der Waals surface area contributed by atoms with E-state index < -0.39 is 0 Å². The van der Waals surface area contributed by atoms with Crippen LogP contribution >= 0.6 is 0 Å². The van der Waals surface area contributed by atoms with Crippen molar-refractivity contribution in [3.63, 3.8) is 0 Å². The van der Waals surface area contributed by atoms with Gasteiger partial charge in [-0.2, -0.15) is 0 Å². The number of nitrogens with zero attached hydrogens (tertiary/aromatic N) is 3. The zero-order chi connectivity index (χ0) is 8.93. The lowest BCUT2D eigenvalue weighted by atomic mass is 10.2. The first-order valence-electron chi connectivity index (χ1n) is 4.58. The highest BCUT2D eigenvalue weighted by atomic mass is 15.2.